The number of hydrogen-bond acceptors (Lipinski definition) is 2. The zero-order chi connectivity index (χ0) is 14.3. The van der Waals surface area contributed by atoms with Crippen LogP contribution in [0.3, 0.4) is 0 Å². The highest BCUT2D eigenvalue weighted by Crippen LogP contribution is 2.25. The van der Waals surface area contributed by atoms with Gasteiger partial charge in [-0.05, 0) is 31.4 Å². The average Bonchev–Trinajstić information content (AvgIpc) is 2.40. The van der Waals surface area contributed by atoms with Gasteiger partial charge in [-0.2, -0.15) is 0 Å². The summed E-state index contributed by atoms with van der Waals surface area (Å²) in [6.45, 7) is 6.16. The van der Waals surface area contributed by atoms with Gasteiger partial charge in [-0.25, -0.2) is 4.39 Å². The first kappa shape index (κ1) is 15.7. The number of para-hydroxylation sites is 1. The molecule has 0 amide bonds. The van der Waals surface area contributed by atoms with Crippen LogP contribution in [0.25, 0.3) is 0 Å². The van der Waals surface area contributed by atoms with Gasteiger partial charge in [0.25, 0.3) is 0 Å². The molecule has 106 valence electrons. The maximum atomic E-state index is 13.7. The molecule has 0 heterocycles. The Morgan fingerprint density at radius 3 is 2.68 bits per heavy atom. The van der Waals surface area contributed by atoms with Crippen molar-refractivity contribution in [3.63, 3.8) is 0 Å². The van der Waals surface area contributed by atoms with Gasteiger partial charge in [-0.1, -0.05) is 39.2 Å². The Morgan fingerprint density at radius 2 is 2.11 bits per heavy atom. The standard InChI is InChI=1S/C16H23FO2/c1-4-6-8-13(5-2)11-19-16-14(12(3)18)9-7-10-15(16)17/h7,9-10,13H,4-6,8,11H2,1-3H3. The lowest BCUT2D eigenvalue weighted by atomic mass is 10.0. The Bertz CT molecular complexity index is 415. The zero-order valence-electron chi connectivity index (χ0n) is 12.0. The van der Waals surface area contributed by atoms with E-state index >= 15 is 0 Å². The number of Topliss-reactive ketones (excluding diaryl/α,β-unsaturated/α-hetero) is 1. The van der Waals surface area contributed by atoms with Crippen LogP contribution in [0.1, 0.15) is 56.8 Å². The summed E-state index contributed by atoms with van der Waals surface area (Å²) in [6, 6.07) is 4.47. The van der Waals surface area contributed by atoms with Crippen molar-refractivity contribution in [3.05, 3.63) is 29.6 Å². The van der Waals surface area contributed by atoms with E-state index in [9.17, 15) is 9.18 Å². The third kappa shape index (κ3) is 4.66. The fourth-order valence-corrected chi connectivity index (χ4v) is 2.03. The van der Waals surface area contributed by atoms with Crippen molar-refractivity contribution in [2.24, 2.45) is 5.92 Å². The summed E-state index contributed by atoms with van der Waals surface area (Å²) in [5.41, 5.74) is 0.324. The molecule has 1 aromatic rings. The number of rotatable bonds is 8. The van der Waals surface area contributed by atoms with Crippen LogP contribution in [0.5, 0.6) is 5.75 Å². The van der Waals surface area contributed by atoms with Crippen LogP contribution in [0.4, 0.5) is 4.39 Å². The second-order valence-electron chi connectivity index (χ2n) is 4.90. The second kappa shape index (κ2) is 7.93. The number of unbranched alkanes of at least 4 members (excludes halogenated alkanes) is 1. The number of ketones is 1. The quantitative estimate of drug-likeness (QED) is 0.641. The highest BCUT2D eigenvalue weighted by Gasteiger charge is 2.15. The molecule has 0 aliphatic heterocycles. The van der Waals surface area contributed by atoms with Crippen LogP contribution >= 0.6 is 0 Å². The summed E-state index contributed by atoms with van der Waals surface area (Å²) in [6.07, 6.45) is 4.38. The van der Waals surface area contributed by atoms with Crippen molar-refractivity contribution in [2.75, 3.05) is 6.61 Å². The maximum absolute atomic E-state index is 13.7. The van der Waals surface area contributed by atoms with Crippen molar-refractivity contribution >= 4 is 5.78 Å². The highest BCUT2D eigenvalue weighted by molar-refractivity contribution is 5.96. The normalized spacial score (nSPS) is 12.2. The Morgan fingerprint density at radius 1 is 1.37 bits per heavy atom. The molecular formula is C16H23FO2. The number of hydrogen-bond donors (Lipinski definition) is 0. The van der Waals surface area contributed by atoms with Gasteiger partial charge in [-0.15, -0.1) is 0 Å². The molecule has 1 unspecified atom stereocenters. The monoisotopic (exact) mass is 266 g/mol. The molecule has 0 aliphatic carbocycles. The summed E-state index contributed by atoms with van der Waals surface area (Å²) < 4.78 is 19.3. The van der Waals surface area contributed by atoms with Crippen LogP contribution in [0.2, 0.25) is 0 Å². The smallest absolute Gasteiger partial charge is 0.165 e. The fraction of sp³-hybridized carbons (Fsp3) is 0.562. The molecule has 0 saturated carbocycles. The Hall–Kier alpha value is -1.38. The van der Waals surface area contributed by atoms with E-state index in [1.165, 1.54) is 19.1 Å². The molecule has 0 aliphatic rings. The summed E-state index contributed by atoms with van der Waals surface area (Å²) in [5, 5.41) is 0. The van der Waals surface area contributed by atoms with E-state index < -0.39 is 5.82 Å². The average molecular weight is 266 g/mol. The first-order valence-electron chi connectivity index (χ1n) is 7.02. The molecule has 1 rings (SSSR count). The van der Waals surface area contributed by atoms with Crippen LogP contribution in [0, 0.1) is 11.7 Å². The van der Waals surface area contributed by atoms with E-state index in [2.05, 4.69) is 13.8 Å². The lowest BCUT2D eigenvalue weighted by Crippen LogP contribution is -2.13. The van der Waals surface area contributed by atoms with Gasteiger partial charge >= 0.3 is 0 Å². The molecule has 0 saturated heterocycles. The van der Waals surface area contributed by atoms with E-state index in [1.54, 1.807) is 6.07 Å². The summed E-state index contributed by atoms with van der Waals surface area (Å²) >= 11 is 0. The minimum atomic E-state index is -0.460. The van der Waals surface area contributed by atoms with Crippen molar-refractivity contribution in [3.8, 4) is 5.75 Å². The molecule has 0 fully saturated rings. The molecule has 2 nitrogen and oxygen atoms in total. The SMILES string of the molecule is CCCCC(CC)COc1c(F)cccc1C(C)=O. The van der Waals surface area contributed by atoms with E-state index in [0.29, 0.717) is 18.1 Å². The van der Waals surface area contributed by atoms with Gasteiger partial charge in [0, 0.05) is 0 Å². The van der Waals surface area contributed by atoms with Crippen LogP contribution < -0.4 is 4.74 Å². The topological polar surface area (TPSA) is 26.3 Å². The minimum absolute atomic E-state index is 0.102. The summed E-state index contributed by atoms with van der Waals surface area (Å²) in [4.78, 5) is 11.5. The fourth-order valence-electron chi connectivity index (χ4n) is 2.03. The van der Waals surface area contributed by atoms with Gasteiger partial charge in [0.05, 0.1) is 12.2 Å². The maximum Gasteiger partial charge on any atom is 0.165 e. The molecule has 1 atom stereocenters. The molecule has 19 heavy (non-hydrogen) atoms. The predicted octanol–water partition coefficient (Wildman–Crippen LogP) is 4.62. The van der Waals surface area contributed by atoms with Crippen molar-refractivity contribution < 1.29 is 13.9 Å². The van der Waals surface area contributed by atoms with Crippen molar-refractivity contribution in [1.82, 2.24) is 0 Å². The molecule has 0 aromatic heterocycles. The Labute approximate surface area is 115 Å². The molecule has 3 heteroatoms. The van der Waals surface area contributed by atoms with E-state index in [0.717, 1.165) is 25.7 Å². The molecule has 0 N–H and O–H groups in total. The summed E-state index contributed by atoms with van der Waals surface area (Å²) in [5.74, 6) is -0.113. The van der Waals surface area contributed by atoms with Gasteiger partial charge in [0.2, 0.25) is 0 Å². The molecule has 0 spiro atoms. The molecule has 0 radical (unpaired) electrons. The number of halogens is 1. The minimum Gasteiger partial charge on any atom is -0.489 e. The molecular weight excluding hydrogens is 243 g/mol. The third-order valence-electron chi connectivity index (χ3n) is 3.35. The third-order valence-corrected chi connectivity index (χ3v) is 3.35. The summed E-state index contributed by atoms with van der Waals surface area (Å²) in [7, 11) is 0. The number of carbonyl (C=O) groups is 1. The van der Waals surface area contributed by atoms with E-state index in [4.69, 9.17) is 4.74 Å². The second-order valence-corrected chi connectivity index (χ2v) is 4.90. The Kier molecular flexibility index (Phi) is 6.54. The molecule has 0 bridgehead atoms. The first-order chi connectivity index (χ1) is 9.10. The number of benzene rings is 1. The number of ether oxygens (including phenoxy) is 1. The zero-order valence-corrected chi connectivity index (χ0v) is 12.0. The van der Waals surface area contributed by atoms with Gasteiger partial charge in [0.15, 0.2) is 17.3 Å². The van der Waals surface area contributed by atoms with E-state index in [1.807, 2.05) is 0 Å². The van der Waals surface area contributed by atoms with Crippen LogP contribution in [0.15, 0.2) is 18.2 Å². The molecule has 1 aromatic carbocycles. The first-order valence-corrected chi connectivity index (χ1v) is 7.02. The van der Waals surface area contributed by atoms with Crippen molar-refractivity contribution in [1.29, 1.82) is 0 Å². The van der Waals surface area contributed by atoms with Gasteiger partial charge in [-0.3, -0.25) is 4.79 Å². The van der Waals surface area contributed by atoms with Crippen LogP contribution in [-0.4, -0.2) is 12.4 Å². The Balaban J connectivity index is 2.73. The largest absolute Gasteiger partial charge is 0.489 e. The predicted molar refractivity (Wildman–Crippen MR) is 75.2 cm³/mol. The van der Waals surface area contributed by atoms with Crippen molar-refractivity contribution in [2.45, 2.75) is 46.5 Å². The van der Waals surface area contributed by atoms with Gasteiger partial charge in [0.1, 0.15) is 0 Å². The lowest BCUT2D eigenvalue weighted by molar-refractivity contribution is 0.101. The van der Waals surface area contributed by atoms with Gasteiger partial charge < -0.3 is 4.74 Å². The van der Waals surface area contributed by atoms with E-state index in [-0.39, 0.29) is 11.5 Å². The highest BCUT2D eigenvalue weighted by atomic mass is 19.1. The lowest BCUT2D eigenvalue weighted by Gasteiger charge is -2.17. The van der Waals surface area contributed by atoms with Crippen LogP contribution in [-0.2, 0) is 0 Å². The number of carbonyl (C=O) groups excluding carboxylic acids is 1.